The van der Waals surface area contributed by atoms with E-state index in [4.69, 9.17) is 21.1 Å². The van der Waals surface area contributed by atoms with Gasteiger partial charge in [-0.05, 0) is 54.1 Å². The average Bonchev–Trinajstić information content (AvgIpc) is 2.90. The zero-order valence-electron chi connectivity index (χ0n) is 20.1. The monoisotopic (exact) mass is 538 g/mol. The fourth-order valence-corrected chi connectivity index (χ4v) is 3.93. The molecule has 0 aromatic heterocycles. The molecule has 0 aliphatic carbocycles. The predicted molar refractivity (Wildman–Crippen MR) is 136 cm³/mol. The Bertz CT molecular complexity index is 1470. The highest BCUT2D eigenvalue weighted by Gasteiger charge is 2.37. The Morgan fingerprint density at radius 2 is 1.76 bits per heavy atom. The van der Waals surface area contributed by atoms with Crippen LogP contribution in [0.25, 0.3) is 6.08 Å². The van der Waals surface area contributed by atoms with E-state index in [9.17, 15) is 23.6 Å². The number of benzene rings is 3. The number of carbonyl (C=O) groups excluding carboxylic acids is 4. The standard InChI is InChI=1S/C27H20ClFN2O7/c1-36-22-13-15(12-20(28)23(22)38-14-17-5-3-4-6-21(17)29)11-19-24(32)30-27(35)31(25(19)33)18-9-7-16(8-10-18)26(34)37-2/h3-13H,14H2,1-2H3,(H,30,32,35)/b19-11+. The number of methoxy groups -OCH3 is 2. The van der Waals surface area contributed by atoms with Crippen LogP contribution < -0.4 is 19.7 Å². The summed E-state index contributed by atoms with van der Waals surface area (Å²) < 4.78 is 29.6. The lowest BCUT2D eigenvalue weighted by atomic mass is 10.1. The summed E-state index contributed by atoms with van der Waals surface area (Å²) in [6, 6.07) is 13.6. The number of imide groups is 2. The molecule has 1 aliphatic rings. The van der Waals surface area contributed by atoms with Crippen LogP contribution in [0, 0.1) is 5.82 Å². The van der Waals surface area contributed by atoms with E-state index < -0.39 is 29.6 Å². The number of anilines is 1. The second kappa shape index (κ2) is 11.1. The van der Waals surface area contributed by atoms with Crippen molar-refractivity contribution in [2.75, 3.05) is 19.1 Å². The quantitative estimate of drug-likeness (QED) is 0.267. The third-order valence-corrected chi connectivity index (χ3v) is 5.82. The highest BCUT2D eigenvalue weighted by molar-refractivity contribution is 6.39. The smallest absolute Gasteiger partial charge is 0.337 e. The SMILES string of the molecule is COC(=O)c1ccc(N2C(=O)NC(=O)/C(=C\c3cc(Cl)c(OCc4ccccc4F)c(OC)c3)C2=O)cc1. The van der Waals surface area contributed by atoms with Gasteiger partial charge in [-0.15, -0.1) is 0 Å². The maximum atomic E-state index is 14.0. The van der Waals surface area contributed by atoms with Gasteiger partial charge in [-0.2, -0.15) is 0 Å². The molecule has 0 spiro atoms. The van der Waals surface area contributed by atoms with Gasteiger partial charge in [-0.25, -0.2) is 18.9 Å². The van der Waals surface area contributed by atoms with Crippen molar-refractivity contribution < 1.29 is 37.8 Å². The first kappa shape index (κ1) is 26.4. The number of barbiturate groups is 1. The second-order valence-electron chi connectivity index (χ2n) is 7.91. The minimum absolute atomic E-state index is 0.0857. The Morgan fingerprint density at radius 3 is 2.42 bits per heavy atom. The first-order valence-electron chi connectivity index (χ1n) is 11.1. The molecule has 0 atom stereocenters. The third-order valence-electron chi connectivity index (χ3n) is 5.54. The fourth-order valence-electron chi connectivity index (χ4n) is 3.65. The molecule has 0 saturated carbocycles. The minimum atomic E-state index is -0.949. The van der Waals surface area contributed by atoms with Crippen LogP contribution in [0.4, 0.5) is 14.9 Å². The number of rotatable bonds is 7. The number of urea groups is 1. The van der Waals surface area contributed by atoms with Gasteiger partial charge in [0.15, 0.2) is 11.5 Å². The van der Waals surface area contributed by atoms with Crippen LogP contribution >= 0.6 is 11.6 Å². The number of esters is 1. The van der Waals surface area contributed by atoms with Gasteiger partial charge in [-0.3, -0.25) is 14.9 Å². The number of ether oxygens (including phenoxy) is 3. The molecule has 3 aromatic carbocycles. The van der Waals surface area contributed by atoms with Crippen molar-refractivity contribution in [3.63, 3.8) is 0 Å². The summed E-state index contributed by atoms with van der Waals surface area (Å²) >= 11 is 6.39. The Hall–Kier alpha value is -4.70. The first-order chi connectivity index (χ1) is 18.2. The van der Waals surface area contributed by atoms with Gasteiger partial charge >= 0.3 is 12.0 Å². The number of carbonyl (C=O) groups is 4. The van der Waals surface area contributed by atoms with Gasteiger partial charge in [0.1, 0.15) is 18.0 Å². The average molecular weight is 539 g/mol. The largest absolute Gasteiger partial charge is 0.493 e. The van der Waals surface area contributed by atoms with Crippen LogP contribution in [-0.4, -0.2) is 38.0 Å². The Morgan fingerprint density at radius 1 is 1.05 bits per heavy atom. The maximum Gasteiger partial charge on any atom is 0.337 e. The molecule has 1 fully saturated rings. The molecular formula is C27H20ClFN2O7. The van der Waals surface area contributed by atoms with Crippen molar-refractivity contribution in [3.8, 4) is 11.5 Å². The summed E-state index contributed by atoms with van der Waals surface area (Å²) in [5.41, 5.74) is 0.613. The van der Waals surface area contributed by atoms with E-state index in [2.05, 4.69) is 10.1 Å². The number of nitrogens with zero attached hydrogens (tertiary/aromatic N) is 1. The van der Waals surface area contributed by atoms with Crippen LogP contribution in [0.3, 0.4) is 0 Å². The van der Waals surface area contributed by atoms with Crippen LogP contribution in [0.2, 0.25) is 5.02 Å². The van der Waals surface area contributed by atoms with Crippen molar-refractivity contribution in [3.05, 3.63) is 93.8 Å². The topological polar surface area (TPSA) is 111 Å². The summed E-state index contributed by atoms with van der Waals surface area (Å²) in [6.45, 7) is -0.115. The molecule has 4 rings (SSSR count). The third kappa shape index (κ3) is 5.35. The summed E-state index contributed by atoms with van der Waals surface area (Å²) in [6.07, 6.45) is 1.25. The van der Waals surface area contributed by atoms with E-state index in [0.29, 0.717) is 11.1 Å². The van der Waals surface area contributed by atoms with Crippen molar-refractivity contribution in [2.24, 2.45) is 0 Å². The van der Waals surface area contributed by atoms with Crippen LogP contribution in [0.15, 0.2) is 66.2 Å². The molecule has 4 amide bonds. The van der Waals surface area contributed by atoms with E-state index in [1.54, 1.807) is 18.2 Å². The summed E-state index contributed by atoms with van der Waals surface area (Å²) in [7, 11) is 2.60. The predicted octanol–water partition coefficient (Wildman–Crippen LogP) is 4.52. The molecule has 1 aliphatic heterocycles. The lowest BCUT2D eigenvalue weighted by Gasteiger charge is -2.26. The van der Waals surface area contributed by atoms with Crippen molar-refractivity contribution in [1.82, 2.24) is 5.32 Å². The van der Waals surface area contributed by atoms with Gasteiger partial charge in [0.25, 0.3) is 11.8 Å². The Kier molecular flexibility index (Phi) is 7.73. The Balaban J connectivity index is 1.63. The highest BCUT2D eigenvalue weighted by atomic mass is 35.5. The minimum Gasteiger partial charge on any atom is -0.493 e. The van der Waals surface area contributed by atoms with E-state index in [1.165, 1.54) is 62.8 Å². The second-order valence-corrected chi connectivity index (χ2v) is 8.32. The molecule has 38 heavy (non-hydrogen) atoms. The molecule has 9 nitrogen and oxygen atoms in total. The van der Waals surface area contributed by atoms with E-state index in [1.807, 2.05) is 0 Å². The van der Waals surface area contributed by atoms with Gasteiger partial charge < -0.3 is 14.2 Å². The van der Waals surface area contributed by atoms with E-state index >= 15 is 0 Å². The van der Waals surface area contributed by atoms with Crippen molar-refractivity contribution in [2.45, 2.75) is 6.61 Å². The maximum absolute atomic E-state index is 14.0. The summed E-state index contributed by atoms with van der Waals surface area (Å²) in [5, 5.41) is 2.20. The van der Waals surface area contributed by atoms with Gasteiger partial charge in [-0.1, -0.05) is 29.8 Å². The van der Waals surface area contributed by atoms with Crippen LogP contribution in [0.5, 0.6) is 11.5 Å². The summed E-state index contributed by atoms with van der Waals surface area (Å²) in [4.78, 5) is 50.6. The molecule has 0 radical (unpaired) electrons. The van der Waals surface area contributed by atoms with Gasteiger partial charge in [0.05, 0.1) is 30.5 Å². The van der Waals surface area contributed by atoms with Crippen LogP contribution in [0.1, 0.15) is 21.5 Å². The molecule has 1 N–H and O–H groups in total. The number of nitrogens with one attached hydrogen (secondary N) is 1. The lowest BCUT2D eigenvalue weighted by molar-refractivity contribution is -0.122. The van der Waals surface area contributed by atoms with Crippen LogP contribution in [-0.2, 0) is 20.9 Å². The molecular weight excluding hydrogens is 519 g/mol. The molecule has 0 bridgehead atoms. The van der Waals surface area contributed by atoms with Gasteiger partial charge in [0.2, 0.25) is 0 Å². The molecule has 0 unspecified atom stereocenters. The molecule has 11 heteroatoms. The zero-order valence-corrected chi connectivity index (χ0v) is 20.9. The normalized spacial score (nSPS) is 14.4. The van der Waals surface area contributed by atoms with Gasteiger partial charge in [0, 0.05) is 5.56 Å². The fraction of sp³-hybridized carbons (Fsp3) is 0.111. The zero-order chi connectivity index (χ0) is 27.4. The number of halogens is 2. The lowest BCUT2D eigenvalue weighted by Crippen LogP contribution is -2.54. The van der Waals surface area contributed by atoms with E-state index in [-0.39, 0.29) is 40.0 Å². The highest BCUT2D eigenvalue weighted by Crippen LogP contribution is 2.38. The summed E-state index contributed by atoms with van der Waals surface area (Å²) in [5.74, 6) is -2.51. The number of hydrogen-bond acceptors (Lipinski definition) is 7. The molecule has 3 aromatic rings. The Labute approximate surface area is 221 Å². The molecule has 1 heterocycles. The number of amides is 4. The van der Waals surface area contributed by atoms with E-state index in [0.717, 1.165) is 4.90 Å². The molecule has 1 saturated heterocycles. The molecule has 194 valence electrons. The number of hydrogen-bond donors (Lipinski definition) is 1. The van der Waals surface area contributed by atoms with Crippen molar-refractivity contribution >= 4 is 47.2 Å². The van der Waals surface area contributed by atoms with Crippen molar-refractivity contribution in [1.29, 1.82) is 0 Å². The first-order valence-corrected chi connectivity index (χ1v) is 11.4.